The number of nitrogens with zero attached hydrogens (tertiary/aromatic N) is 1. The Balaban J connectivity index is 1.63. The van der Waals surface area contributed by atoms with Gasteiger partial charge in [-0.3, -0.25) is 0 Å². The lowest BCUT2D eigenvalue weighted by Crippen LogP contribution is -2.17. The summed E-state index contributed by atoms with van der Waals surface area (Å²) in [5.41, 5.74) is 3.03. The molecule has 0 aliphatic carbocycles. The molecule has 3 N–H and O–H groups in total. The molecule has 2 aromatic heterocycles. The zero-order valence-electron chi connectivity index (χ0n) is 19.7. The highest BCUT2D eigenvalue weighted by Crippen LogP contribution is 2.35. The Bertz CT molecular complexity index is 1240. The van der Waals surface area contributed by atoms with Crippen molar-refractivity contribution in [2.75, 3.05) is 26.6 Å². The Morgan fingerprint density at radius 3 is 2.49 bits per heavy atom. The third kappa shape index (κ3) is 6.45. The van der Waals surface area contributed by atoms with E-state index in [1.807, 2.05) is 67.8 Å². The van der Waals surface area contributed by atoms with Crippen LogP contribution in [0.2, 0.25) is 0 Å². The maximum Gasteiger partial charge on any atom is 0.140 e. The molecule has 4 rings (SSSR count). The Hall–Kier alpha value is -2.82. The fourth-order valence-corrected chi connectivity index (χ4v) is 4.73. The molecule has 0 spiro atoms. The van der Waals surface area contributed by atoms with Crippen molar-refractivity contribution in [1.82, 2.24) is 9.97 Å². The molecule has 2 heterocycles. The molecular formula is C26H28N2O5S2. The molecule has 35 heavy (non-hydrogen) atoms. The van der Waals surface area contributed by atoms with Gasteiger partial charge in [0.25, 0.3) is 0 Å². The van der Waals surface area contributed by atoms with E-state index < -0.39 is 6.10 Å². The van der Waals surface area contributed by atoms with Gasteiger partial charge in [0, 0.05) is 34.7 Å². The van der Waals surface area contributed by atoms with Crippen LogP contribution in [-0.2, 0) is 4.74 Å². The van der Waals surface area contributed by atoms with Crippen molar-refractivity contribution in [2.24, 2.45) is 0 Å². The summed E-state index contributed by atoms with van der Waals surface area (Å²) in [7, 11) is 1.65. The lowest BCUT2D eigenvalue weighted by Gasteiger charge is -2.16. The fraction of sp³-hybridized carbons (Fsp3) is 0.269. The number of hydrogen-bond acceptors (Lipinski definition) is 8. The number of nitrogens with one attached hydrogen (secondary N) is 1. The number of aliphatic hydroxyl groups is 2. The van der Waals surface area contributed by atoms with Gasteiger partial charge in [0.15, 0.2) is 0 Å². The first-order chi connectivity index (χ1) is 17.0. The van der Waals surface area contributed by atoms with Gasteiger partial charge >= 0.3 is 0 Å². The minimum atomic E-state index is -0.984. The highest BCUT2D eigenvalue weighted by atomic mass is 32.2. The van der Waals surface area contributed by atoms with Crippen molar-refractivity contribution in [1.29, 1.82) is 0 Å². The van der Waals surface area contributed by atoms with E-state index in [2.05, 4.69) is 9.97 Å². The number of H-pyrrole nitrogens is 1. The SMILES string of the molecule is COCC(C)Oc1cc(Oc2ccc(SC)cc2)cc(-c2ccc(-c3nc(C(O)CO)cs3)[nH]2)c1. The number of thioether (sulfide) groups is 1. The Labute approximate surface area is 212 Å². The summed E-state index contributed by atoms with van der Waals surface area (Å²) >= 11 is 3.08. The highest BCUT2D eigenvalue weighted by molar-refractivity contribution is 7.98. The van der Waals surface area contributed by atoms with Crippen LogP contribution in [0.3, 0.4) is 0 Å². The number of methoxy groups -OCH3 is 1. The smallest absolute Gasteiger partial charge is 0.140 e. The van der Waals surface area contributed by atoms with E-state index in [1.54, 1.807) is 24.3 Å². The Morgan fingerprint density at radius 2 is 1.77 bits per heavy atom. The first kappa shape index (κ1) is 25.3. The van der Waals surface area contributed by atoms with Crippen LogP contribution < -0.4 is 9.47 Å². The molecule has 2 aromatic carbocycles. The standard InChI is InChI=1S/C26H28N2O5S2/c1-16(14-31-2)32-19-10-17(11-20(12-19)33-18-4-6-21(34-3)7-5-18)22-8-9-23(27-22)26-28-24(15-35-26)25(30)13-29/h4-12,15-16,25,27,29-30H,13-14H2,1-3H3. The van der Waals surface area contributed by atoms with Crippen LogP contribution in [0.5, 0.6) is 17.2 Å². The van der Waals surface area contributed by atoms with Gasteiger partial charge in [-0.15, -0.1) is 23.1 Å². The topological polar surface area (TPSA) is 96.8 Å². The molecule has 0 saturated heterocycles. The molecule has 0 aliphatic heterocycles. The van der Waals surface area contributed by atoms with Gasteiger partial charge in [0.2, 0.25) is 0 Å². The average Bonchev–Trinajstić information content (AvgIpc) is 3.54. The zero-order chi connectivity index (χ0) is 24.8. The molecule has 2 unspecified atom stereocenters. The Morgan fingerprint density at radius 1 is 1.03 bits per heavy atom. The molecule has 0 saturated carbocycles. The first-order valence-electron chi connectivity index (χ1n) is 11.1. The van der Waals surface area contributed by atoms with Crippen molar-refractivity contribution < 1.29 is 24.4 Å². The van der Waals surface area contributed by atoms with E-state index in [9.17, 15) is 10.2 Å². The van der Waals surface area contributed by atoms with Crippen molar-refractivity contribution >= 4 is 23.1 Å². The second-order valence-electron chi connectivity index (χ2n) is 7.92. The molecule has 184 valence electrons. The largest absolute Gasteiger partial charge is 0.488 e. The summed E-state index contributed by atoms with van der Waals surface area (Å²) in [6, 6.07) is 17.6. The summed E-state index contributed by atoms with van der Waals surface area (Å²) in [6.07, 6.45) is 0.924. The number of aromatic amines is 1. The molecule has 0 bridgehead atoms. The van der Waals surface area contributed by atoms with E-state index >= 15 is 0 Å². The van der Waals surface area contributed by atoms with Crippen LogP contribution in [0.4, 0.5) is 0 Å². The third-order valence-corrected chi connectivity index (χ3v) is 6.81. The van der Waals surface area contributed by atoms with Crippen molar-refractivity contribution in [3.05, 3.63) is 65.7 Å². The number of benzene rings is 2. The van der Waals surface area contributed by atoms with Crippen LogP contribution in [0.15, 0.2) is 64.9 Å². The van der Waals surface area contributed by atoms with Gasteiger partial charge in [-0.25, -0.2) is 4.98 Å². The van der Waals surface area contributed by atoms with Gasteiger partial charge < -0.3 is 29.4 Å². The lowest BCUT2D eigenvalue weighted by atomic mass is 10.1. The highest BCUT2D eigenvalue weighted by Gasteiger charge is 2.15. The van der Waals surface area contributed by atoms with Crippen LogP contribution in [0.25, 0.3) is 22.0 Å². The van der Waals surface area contributed by atoms with E-state index in [-0.39, 0.29) is 12.7 Å². The minimum Gasteiger partial charge on any atom is -0.488 e. The summed E-state index contributed by atoms with van der Waals surface area (Å²) in [6.45, 7) is 2.05. The fourth-order valence-electron chi connectivity index (χ4n) is 3.48. The van der Waals surface area contributed by atoms with Gasteiger partial charge in [0.05, 0.1) is 24.6 Å². The number of aliphatic hydroxyl groups excluding tert-OH is 2. The minimum absolute atomic E-state index is 0.130. The summed E-state index contributed by atoms with van der Waals surface area (Å²) in [5.74, 6) is 2.06. The molecule has 0 radical (unpaired) electrons. The average molecular weight is 513 g/mol. The molecule has 0 aliphatic rings. The van der Waals surface area contributed by atoms with E-state index in [0.717, 1.165) is 27.7 Å². The maximum atomic E-state index is 9.84. The zero-order valence-corrected chi connectivity index (χ0v) is 21.4. The second kappa shape index (κ2) is 11.7. The number of hydrogen-bond donors (Lipinski definition) is 3. The van der Waals surface area contributed by atoms with Crippen molar-refractivity contribution in [3.8, 4) is 39.2 Å². The van der Waals surface area contributed by atoms with Gasteiger partial charge in [-0.05, 0) is 61.7 Å². The predicted octanol–water partition coefficient (Wildman–Crippen LogP) is 5.76. The van der Waals surface area contributed by atoms with Crippen molar-refractivity contribution in [3.63, 3.8) is 0 Å². The number of rotatable bonds is 11. The van der Waals surface area contributed by atoms with Gasteiger partial charge in [0.1, 0.15) is 34.5 Å². The van der Waals surface area contributed by atoms with Crippen molar-refractivity contribution in [2.45, 2.75) is 24.0 Å². The van der Waals surface area contributed by atoms with E-state index in [4.69, 9.17) is 14.2 Å². The van der Waals surface area contributed by atoms with Crippen LogP contribution in [-0.4, -0.2) is 52.9 Å². The second-order valence-corrected chi connectivity index (χ2v) is 9.65. The summed E-state index contributed by atoms with van der Waals surface area (Å²) < 4.78 is 17.5. The van der Waals surface area contributed by atoms with Gasteiger partial charge in [-0.2, -0.15) is 0 Å². The molecule has 9 heteroatoms. The molecule has 7 nitrogen and oxygen atoms in total. The maximum absolute atomic E-state index is 9.84. The molecular weight excluding hydrogens is 484 g/mol. The van der Waals surface area contributed by atoms with Gasteiger partial charge in [-0.1, -0.05) is 0 Å². The summed E-state index contributed by atoms with van der Waals surface area (Å²) in [5, 5.41) is 21.5. The normalized spacial score (nSPS) is 12.9. The van der Waals surface area contributed by atoms with E-state index in [1.165, 1.54) is 16.2 Å². The molecule has 4 aromatic rings. The number of thiazole rings is 1. The monoisotopic (exact) mass is 512 g/mol. The Kier molecular flexibility index (Phi) is 8.48. The van der Waals surface area contributed by atoms with Crippen LogP contribution in [0, 0.1) is 0 Å². The third-order valence-electron chi connectivity index (χ3n) is 5.18. The molecule has 0 amide bonds. The predicted molar refractivity (Wildman–Crippen MR) is 140 cm³/mol. The van der Waals surface area contributed by atoms with Crippen LogP contribution >= 0.6 is 23.1 Å². The van der Waals surface area contributed by atoms with E-state index in [0.29, 0.717) is 23.8 Å². The summed E-state index contributed by atoms with van der Waals surface area (Å²) in [4.78, 5) is 8.99. The molecule has 2 atom stereocenters. The molecule has 0 fully saturated rings. The number of ether oxygens (including phenoxy) is 3. The van der Waals surface area contributed by atoms with Crippen LogP contribution in [0.1, 0.15) is 18.7 Å². The quantitative estimate of drug-likeness (QED) is 0.220. The first-order valence-corrected chi connectivity index (χ1v) is 13.2. The number of aromatic nitrogens is 2. The lowest BCUT2D eigenvalue weighted by molar-refractivity contribution is 0.0920.